The summed E-state index contributed by atoms with van der Waals surface area (Å²) >= 11 is 0. The molecule has 144 valence electrons. The van der Waals surface area contributed by atoms with E-state index in [1.54, 1.807) is 12.7 Å². The molecule has 5 nitrogen and oxygen atoms in total. The lowest BCUT2D eigenvalue weighted by Crippen LogP contribution is -2.11. The highest BCUT2D eigenvalue weighted by Crippen LogP contribution is 2.20. The lowest BCUT2D eigenvalue weighted by molar-refractivity contribution is 0.414. The first-order valence-corrected chi connectivity index (χ1v) is 9.87. The van der Waals surface area contributed by atoms with Crippen LogP contribution in [0, 0.1) is 6.92 Å². The number of aryl methyl sites for hydroxylation is 1. The van der Waals surface area contributed by atoms with Crippen LogP contribution in [0.4, 0.5) is 11.8 Å². The van der Waals surface area contributed by atoms with Crippen LogP contribution in [0.25, 0.3) is 0 Å². The molecular weight excluding hydrogens is 336 g/mol. The third-order valence-corrected chi connectivity index (χ3v) is 4.85. The molecule has 5 heteroatoms. The van der Waals surface area contributed by atoms with Crippen LogP contribution in [0.3, 0.4) is 0 Å². The van der Waals surface area contributed by atoms with Crippen molar-refractivity contribution in [3.05, 3.63) is 53.2 Å². The molecule has 27 heavy (non-hydrogen) atoms. The minimum Gasteiger partial charge on any atom is -0.497 e. The van der Waals surface area contributed by atoms with E-state index in [1.807, 2.05) is 25.1 Å². The van der Waals surface area contributed by atoms with E-state index in [0.29, 0.717) is 5.95 Å². The monoisotopic (exact) mass is 366 g/mol. The van der Waals surface area contributed by atoms with Gasteiger partial charge < -0.3 is 15.4 Å². The van der Waals surface area contributed by atoms with E-state index in [2.05, 4.69) is 38.8 Å². The van der Waals surface area contributed by atoms with Gasteiger partial charge in [0.2, 0.25) is 5.95 Å². The summed E-state index contributed by atoms with van der Waals surface area (Å²) in [6.07, 6.45) is 9.59. The predicted molar refractivity (Wildman–Crippen MR) is 112 cm³/mol. The lowest BCUT2D eigenvalue weighted by atomic mass is 9.97. The third kappa shape index (κ3) is 6.27. The van der Waals surface area contributed by atoms with Gasteiger partial charge in [0.25, 0.3) is 0 Å². The number of aromatic nitrogens is 2. The van der Waals surface area contributed by atoms with Gasteiger partial charge in [-0.1, -0.05) is 23.8 Å². The number of hydrogen-bond acceptors (Lipinski definition) is 5. The minimum atomic E-state index is 0.683. The Kier molecular flexibility index (Phi) is 7.08. The number of benzene rings is 1. The van der Waals surface area contributed by atoms with Gasteiger partial charge in [-0.3, -0.25) is 0 Å². The number of hydrogen-bond donors (Lipinski definition) is 2. The zero-order chi connectivity index (χ0) is 18.9. The summed E-state index contributed by atoms with van der Waals surface area (Å²) in [5.41, 5.74) is 3.81. The fraction of sp³-hybridized carbons (Fsp3) is 0.455. The summed E-state index contributed by atoms with van der Waals surface area (Å²) in [5.74, 6) is 2.46. The van der Waals surface area contributed by atoms with Gasteiger partial charge in [0, 0.05) is 24.8 Å². The Balaban J connectivity index is 1.47. The molecule has 0 saturated heterocycles. The second kappa shape index (κ2) is 9.95. The zero-order valence-corrected chi connectivity index (χ0v) is 16.4. The van der Waals surface area contributed by atoms with E-state index in [9.17, 15) is 0 Å². The summed E-state index contributed by atoms with van der Waals surface area (Å²) in [5, 5.41) is 6.79. The second-order valence-electron chi connectivity index (χ2n) is 7.03. The maximum absolute atomic E-state index is 5.19. The van der Waals surface area contributed by atoms with Crippen molar-refractivity contribution in [1.82, 2.24) is 9.97 Å². The molecule has 0 bridgehead atoms. The predicted octanol–water partition coefficient (Wildman–Crippen LogP) is 4.75. The van der Waals surface area contributed by atoms with Crippen LogP contribution in [0.1, 0.15) is 43.4 Å². The van der Waals surface area contributed by atoms with Gasteiger partial charge in [0.15, 0.2) is 0 Å². The van der Waals surface area contributed by atoms with Crippen LogP contribution in [0.15, 0.2) is 42.0 Å². The normalized spacial score (nSPS) is 13.8. The third-order valence-electron chi connectivity index (χ3n) is 4.85. The highest BCUT2D eigenvalue weighted by molar-refractivity contribution is 5.42. The maximum Gasteiger partial charge on any atom is 0.224 e. The van der Waals surface area contributed by atoms with Crippen molar-refractivity contribution in [2.24, 2.45) is 0 Å². The second-order valence-corrected chi connectivity index (χ2v) is 7.03. The topological polar surface area (TPSA) is 59.1 Å². The molecule has 1 heterocycles. The van der Waals surface area contributed by atoms with Crippen molar-refractivity contribution in [2.75, 3.05) is 30.8 Å². The van der Waals surface area contributed by atoms with E-state index < -0.39 is 0 Å². The molecule has 2 N–H and O–H groups in total. The summed E-state index contributed by atoms with van der Waals surface area (Å²) in [6, 6.07) is 10.2. The molecule has 0 radical (unpaired) electrons. The maximum atomic E-state index is 5.19. The molecule has 0 aliphatic heterocycles. The van der Waals surface area contributed by atoms with Gasteiger partial charge in [0.05, 0.1) is 7.11 Å². The largest absolute Gasteiger partial charge is 0.497 e. The first-order valence-electron chi connectivity index (χ1n) is 9.87. The van der Waals surface area contributed by atoms with Crippen molar-refractivity contribution in [1.29, 1.82) is 0 Å². The summed E-state index contributed by atoms with van der Waals surface area (Å²) in [4.78, 5) is 9.10. The van der Waals surface area contributed by atoms with Crippen molar-refractivity contribution < 1.29 is 4.74 Å². The Morgan fingerprint density at radius 1 is 1.00 bits per heavy atom. The highest BCUT2D eigenvalue weighted by atomic mass is 16.5. The Bertz CT molecular complexity index is 755. The van der Waals surface area contributed by atoms with Crippen LogP contribution in [0.2, 0.25) is 0 Å². The average Bonchev–Trinajstić information content (AvgIpc) is 2.69. The quantitative estimate of drug-likeness (QED) is 0.627. The highest BCUT2D eigenvalue weighted by Gasteiger charge is 2.05. The molecule has 0 fully saturated rings. The van der Waals surface area contributed by atoms with E-state index in [0.717, 1.165) is 43.2 Å². The fourth-order valence-electron chi connectivity index (χ4n) is 3.33. The molecule has 1 aromatic carbocycles. The van der Waals surface area contributed by atoms with Crippen LogP contribution >= 0.6 is 0 Å². The van der Waals surface area contributed by atoms with Crippen LogP contribution in [-0.4, -0.2) is 30.2 Å². The van der Waals surface area contributed by atoms with Crippen molar-refractivity contribution in [2.45, 2.75) is 45.4 Å². The van der Waals surface area contributed by atoms with Gasteiger partial charge in [-0.05, 0) is 63.1 Å². The molecule has 0 spiro atoms. The van der Waals surface area contributed by atoms with E-state index in [1.165, 1.54) is 31.2 Å². The number of rotatable bonds is 9. The summed E-state index contributed by atoms with van der Waals surface area (Å²) in [6.45, 7) is 3.72. The van der Waals surface area contributed by atoms with Crippen LogP contribution in [-0.2, 0) is 6.42 Å². The first-order chi connectivity index (χ1) is 13.2. The Labute approximate surface area is 162 Å². The Hall–Kier alpha value is -2.56. The molecule has 3 rings (SSSR count). The van der Waals surface area contributed by atoms with Crippen molar-refractivity contribution in [3.63, 3.8) is 0 Å². The van der Waals surface area contributed by atoms with Gasteiger partial charge in [0.1, 0.15) is 11.6 Å². The molecule has 0 amide bonds. The number of nitrogens with zero attached hydrogens (tertiary/aromatic N) is 2. The van der Waals surface area contributed by atoms with Gasteiger partial charge in [-0.25, -0.2) is 4.98 Å². The van der Waals surface area contributed by atoms with Gasteiger partial charge in [-0.2, -0.15) is 4.98 Å². The Morgan fingerprint density at radius 2 is 1.81 bits per heavy atom. The Morgan fingerprint density at radius 3 is 2.56 bits per heavy atom. The van der Waals surface area contributed by atoms with Crippen molar-refractivity contribution in [3.8, 4) is 5.75 Å². The molecule has 1 aliphatic rings. The molecule has 0 saturated carbocycles. The molecule has 2 aromatic rings. The molecular formula is C22H30N4O. The molecule has 0 unspecified atom stereocenters. The van der Waals surface area contributed by atoms with Crippen molar-refractivity contribution >= 4 is 11.8 Å². The number of anilines is 2. The van der Waals surface area contributed by atoms with Gasteiger partial charge >= 0.3 is 0 Å². The number of nitrogens with one attached hydrogen (secondary N) is 2. The fourth-order valence-corrected chi connectivity index (χ4v) is 3.33. The minimum absolute atomic E-state index is 0.683. The van der Waals surface area contributed by atoms with E-state index >= 15 is 0 Å². The lowest BCUT2D eigenvalue weighted by Gasteiger charge is -2.14. The molecule has 1 aromatic heterocycles. The number of ether oxygens (including phenoxy) is 1. The number of allylic oxidation sites excluding steroid dienone is 1. The van der Waals surface area contributed by atoms with E-state index in [4.69, 9.17) is 4.74 Å². The summed E-state index contributed by atoms with van der Waals surface area (Å²) < 4.78 is 5.19. The smallest absolute Gasteiger partial charge is 0.224 e. The standard InChI is InChI=1S/C22H30N4O/c1-17-16-21(23-14-12-18-6-4-3-5-7-18)26-22(25-17)24-15-13-19-8-10-20(27-2)11-9-19/h6,8-11,16H,3-5,7,12-15H2,1-2H3,(H2,23,24,25,26). The molecule has 1 aliphatic carbocycles. The molecule has 0 atom stereocenters. The zero-order valence-electron chi connectivity index (χ0n) is 16.4. The SMILES string of the molecule is COc1ccc(CCNc2nc(C)cc(NCCC3=CCCCC3)n2)cc1. The first kappa shape index (κ1) is 19.2. The van der Waals surface area contributed by atoms with Crippen LogP contribution in [0.5, 0.6) is 5.75 Å². The number of methoxy groups -OCH3 is 1. The average molecular weight is 367 g/mol. The summed E-state index contributed by atoms with van der Waals surface area (Å²) in [7, 11) is 1.68. The van der Waals surface area contributed by atoms with Crippen LogP contribution < -0.4 is 15.4 Å². The van der Waals surface area contributed by atoms with Gasteiger partial charge in [-0.15, -0.1) is 0 Å². The van der Waals surface area contributed by atoms with E-state index in [-0.39, 0.29) is 0 Å².